The van der Waals surface area contributed by atoms with E-state index in [4.69, 9.17) is 27.2 Å². The normalized spacial score (nSPS) is 9.55. The van der Waals surface area contributed by atoms with Crippen molar-refractivity contribution in [3.63, 3.8) is 0 Å². The summed E-state index contributed by atoms with van der Waals surface area (Å²) < 4.78 is 0. The monoisotopic (exact) mass is 171 g/mol. The third kappa shape index (κ3) is 1.43. The quantitative estimate of drug-likeness (QED) is 0.468. The molecule has 4 heteroatoms. The zero-order valence-corrected chi connectivity index (χ0v) is 6.30. The van der Waals surface area contributed by atoms with Gasteiger partial charge in [-0.25, -0.2) is 0 Å². The summed E-state index contributed by atoms with van der Waals surface area (Å²) in [5.41, 5.74) is 8.47. The predicted molar refractivity (Wildman–Crippen MR) is 43.6 cm³/mol. The molecule has 0 aromatic carbocycles. The van der Waals surface area contributed by atoms with Crippen LogP contribution in [0, 0.1) is 0 Å². The molecule has 0 bridgehead atoms. The van der Waals surface area contributed by atoms with Crippen molar-refractivity contribution in [2.75, 3.05) is 5.73 Å². The van der Waals surface area contributed by atoms with Gasteiger partial charge in [-0.1, -0.05) is 11.6 Å². The molecule has 58 valence electrons. The van der Waals surface area contributed by atoms with Crippen LogP contribution in [0.25, 0.3) is 11.1 Å². The molecular formula is C7H6ClNO2. The highest BCUT2D eigenvalue weighted by atomic mass is 35.5. The fourth-order valence-electron chi connectivity index (χ4n) is 0.815. The summed E-state index contributed by atoms with van der Waals surface area (Å²) in [6.45, 7) is -0.250. The van der Waals surface area contributed by atoms with Crippen LogP contribution in [0.3, 0.4) is 0 Å². The van der Waals surface area contributed by atoms with Gasteiger partial charge in [0.2, 0.25) is 0 Å². The number of carboxylic acid groups (broad SMARTS) is 1. The Hall–Kier alpha value is -1.22. The number of hydrogen-bond donors (Lipinski definition) is 2. The van der Waals surface area contributed by atoms with Crippen LogP contribution in [0.5, 0.6) is 0 Å². The van der Waals surface area contributed by atoms with Crippen molar-refractivity contribution < 1.29 is 9.90 Å². The van der Waals surface area contributed by atoms with E-state index in [0.717, 1.165) is 10.6 Å². The molecule has 0 aromatic heterocycles. The standard InChI is InChI=1S/C6H4ClN.CH2O2/c7-6-4-1-3(4)2-5(6)8;2-1-3/h1-2H,8H2;1H,(H,2,3). The maximum absolute atomic E-state index is 8.36. The topological polar surface area (TPSA) is 63.3 Å². The minimum atomic E-state index is -0.250. The summed E-state index contributed by atoms with van der Waals surface area (Å²) in [6, 6.07) is 3.90. The van der Waals surface area contributed by atoms with E-state index in [1.54, 1.807) is 0 Å². The van der Waals surface area contributed by atoms with E-state index in [1.807, 2.05) is 12.1 Å². The van der Waals surface area contributed by atoms with E-state index in [9.17, 15) is 0 Å². The lowest BCUT2D eigenvalue weighted by atomic mass is 10.5. The molecule has 0 fully saturated rings. The molecule has 2 aliphatic carbocycles. The SMILES string of the molecule is Nc1cc2cc-2c1Cl.O=CO. The third-order valence-corrected chi connectivity index (χ3v) is 1.75. The molecule has 0 aromatic rings. The second-order valence-corrected chi connectivity index (χ2v) is 2.41. The van der Waals surface area contributed by atoms with E-state index < -0.39 is 0 Å². The summed E-state index contributed by atoms with van der Waals surface area (Å²) in [6.07, 6.45) is 0. The van der Waals surface area contributed by atoms with Gasteiger partial charge in [0.15, 0.2) is 0 Å². The summed E-state index contributed by atoms with van der Waals surface area (Å²) in [7, 11) is 0. The molecule has 0 saturated carbocycles. The summed E-state index contributed by atoms with van der Waals surface area (Å²) in [4.78, 5) is 8.36. The van der Waals surface area contributed by atoms with Gasteiger partial charge < -0.3 is 10.8 Å². The molecule has 11 heavy (non-hydrogen) atoms. The van der Waals surface area contributed by atoms with Gasteiger partial charge in [0.05, 0.1) is 10.7 Å². The molecule has 0 saturated heterocycles. The van der Waals surface area contributed by atoms with E-state index in [0.29, 0.717) is 5.69 Å². The number of rotatable bonds is 0. The predicted octanol–water partition coefficient (Wildman–Crippen LogP) is 1.60. The van der Waals surface area contributed by atoms with Gasteiger partial charge in [0.25, 0.3) is 6.47 Å². The molecule has 2 aliphatic rings. The smallest absolute Gasteiger partial charge is 0.290 e. The Kier molecular flexibility index (Phi) is 2.01. The van der Waals surface area contributed by atoms with Gasteiger partial charge in [0.1, 0.15) is 0 Å². The van der Waals surface area contributed by atoms with E-state index in [1.165, 1.54) is 5.56 Å². The number of fused-ring (bicyclic) bond motifs is 1. The van der Waals surface area contributed by atoms with Gasteiger partial charge in [0, 0.05) is 5.56 Å². The number of nitrogens with two attached hydrogens (primary N) is 1. The average Bonchev–Trinajstić information content (AvgIpc) is 2.62. The van der Waals surface area contributed by atoms with Crippen molar-refractivity contribution in [2.45, 2.75) is 0 Å². The van der Waals surface area contributed by atoms with E-state index in [-0.39, 0.29) is 6.47 Å². The molecule has 3 nitrogen and oxygen atoms in total. The minimum absolute atomic E-state index is 0.250. The largest absolute Gasteiger partial charge is 0.483 e. The minimum Gasteiger partial charge on any atom is -0.483 e. The lowest BCUT2D eigenvalue weighted by Gasteiger charge is -1.81. The average molecular weight is 172 g/mol. The summed E-state index contributed by atoms with van der Waals surface area (Å²) in [5, 5.41) is 7.61. The fourth-order valence-corrected chi connectivity index (χ4v) is 1.03. The van der Waals surface area contributed by atoms with Crippen LogP contribution < -0.4 is 5.73 Å². The van der Waals surface area contributed by atoms with Gasteiger partial charge in [-0.3, -0.25) is 4.79 Å². The molecular weight excluding hydrogens is 166 g/mol. The Morgan fingerprint density at radius 1 is 1.55 bits per heavy atom. The highest BCUT2D eigenvalue weighted by Gasteiger charge is 2.19. The Bertz CT molecular complexity index is 299. The first-order chi connectivity index (χ1) is 5.20. The lowest BCUT2D eigenvalue weighted by Crippen LogP contribution is -1.78. The number of halogens is 1. The molecule has 0 radical (unpaired) electrons. The Morgan fingerprint density at radius 2 is 2.09 bits per heavy atom. The zero-order valence-electron chi connectivity index (χ0n) is 5.54. The number of hydrogen-bond acceptors (Lipinski definition) is 2. The van der Waals surface area contributed by atoms with Crippen LogP contribution in [-0.4, -0.2) is 11.6 Å². The van der Waals surface area contributed by atoms with Crippen molar-refractivity contribution in [2.24, 2.45) is 0 Å². The Balaban J connectivity index is 0.000000179. The zero-order chi connectivity index (χ0) is 8.43. The van der Waals surface area contributed by atoms with Gasteiger partial charge in [-0.2, -0.15) is 0 Å². The first-order valence-electron chi connectivity index (χ1n) is 2.88. The highest BCUT2D eigenvalue weighted by molar-refractivity contribution is 6.38. The third-order valence-electron chi connectivity index (χ3n) is 1.33. The van der Waals surface area contributed by atoms with Gasteiger partial charge in [-0.05, 0) is 17.7 Å². The summed E-state index contributed by atoms with van der Waals surface area (Å²) >= 11 is 5.69. The Labute approximate surface area is 68.4 Å². The summed E-state index contributed by atoms with van der Waals surface area (Å²) in [5.74, 6) is 0. The van der Waals surface area contributed by atoms with E-state index >= 15 is 0 Å². The molecule has 0 atom stereocenters. The molecule has 0 spiro atoms. The van der Waals surface area contributed by atoms with Crippen molar-refractivity contribution >= 4 is 23.8 Å². The second-order valence-electron chi connectivity index (χ2n) is 2.03. The Morgan fingerprint density at radius 3 is 2.27 bits per heavy atom. The van der Waals surface area contributed by atoms with Crippen LogP contribution in [-0.2, 0) is 4.79 Å². The van der Waals surface area contributed by atoms with Crippen molar-refractivity contribution in [1.29, 1.82) is 0 Å². The van der Waals surface area contributed by atoms with Gasteiger partial charge in [-0.15, -0.1) is 0 Å². The van der Waals surface area contributed by atoms with E-state index in [2.05, 4.69) is 0 Å². The van der Waals surface area contributed by atoms with Crippen molar-refractivity contribution in [1.82, 2.24) is 0 Å². The number of nitrogen functional groups attached to an aromatic ring is 1. The molecule has 0 heterocycles. The van der Waals surface area contributed by atoms with Crippen molar-refractivity contribution in [3.8, 4) is 11.1 Å². The maximum Gasteiger partial charge on any atom is 0.290 e. The van der Waals surface area contributed by atoms with Crippen LogP contribution in [0.1, 0.15) is 0 Å². The number of carbonyl (C=O) groups is 1. The highest BCUT2D eigenvalue weighted by Crippen LogP contribution is 2.45. The maximum atomic E-state index is 8.36. The van der Waals surface area contributed by atoms with Crippen LogP contribution in [0.4, 0.5) is 5.69 Å². The molecule has 0 unspecified atom stereocenters. The second kappa shape index (κ2) is 2.80. The number of anilines is 1. The van der Waals surface area contributed by atoms with Crippen molar-refractivity contribution in [3.05, 3.63) is 17.2 Å². The van der Waals surface area contributed by atoms with Crippen LogP contribution >= 0.6 is 11.6 Å². The molecule has 0 aliphatic heterocycles. The number of benzene rings is 1. The lowest BCUT2D eigenvalue weighted by molar-refractivity contribution is -0.122. The first-order valence-corrected chi connectivity index (χ1v) is 3.25. The fraction of sp³-hybridized carbons (Fsp3) is 0. The van der Waals surface area contributed by atoms with Crippen LogP contribution in [0.15, 0.2) is 12.1 Å². The molecule has 3 N–H and O–H groups in total. The van der Waals surface area contributed by atoms with Gasteiger partial charge >= 0.3 is 0 Å². The molecule has 0 amide bonds. The first kappa shape index (κ1) is 7.88. The van der Waals surface area contributed by atoms with Crippen LogP contribution in [0.2, 0.25) is 5.02 Å². The molecule has 2 rings (SSSR count).